The molecule has 0 amide bonds. The lowest BCUT2D eigenvalue weighted by Crippen LogP contribution is -2.15. The van der Waals surface area contributed by atoms with Crippen LogP contribution in [0.25, 0.3) is 22.6 Å². The smallest absolute Gasteiger partial charge is 0.163 e. The van der Waals surface area contributed by atoms with E-state index < -0.39 is 0 Å². The fraction of sp³-hybridized carbons (Fsp3) is 0.143. The standard InChI is InChI=1S/C14H11N3O2/c1-2-4-15-9(3-1)14-16-10-7-12-13(8-11(10)17-14)19-6-5-18-12/h1-4,7-8H,5-6H2,(H,16,17). The summed E-state index contributed by atoms with van der Waals surface area (Å²) in [5.74, 6) is 2.26. The van der Waals surface area contributed by atoms with E-state index >= 15 is 0 Å². The van der Waals surface area contributed by atoms with Gasteiger partial charge in [0.05, 0.1) is 11.0 Å². The van der Waals surface area contributed by atoms with E-state index in [0.717, 1.165) is 34.1 Å². The number of imidazole rings is 1. The molecule has 0 bridgehead atoms. The number of aromatic nitrogens is 3. The van der Waals surface area contributed by atoms with Crippen LogP contribution in [0.3, 0.4) is 0 Å². The summed E-state index contributed by atoms with van der Waals surface area (Å²) in [4.78, 5) is 12.1. The van der Waals surface area contributed by atoms with Crippen LogP contribution < -0.4 is 9.47 Å². The summed E-state index contributed by atoms with van der Waals surface area (Å²) >= 11 is 0. The quantitative estimate of drug-likeness (QED) is 0.723. The maximum absolute atomic E-state index is 5.56. The lowest BCUT2D eigenvalue weighted by molar-refractivity contribution is 0.172. The van der Waals surface area contributed by atoms with Crippen molar-refractivity contribution in [2.24, 2.45) is 0 Å². The van der Waals surface area contributed by atoms with Crippen LogP contribution >= 0.6 is 0 Å². The van der Waals surface area contributed by atoms with Gasteiger partial charge in [0.2, 0.25) is 0 Å². The molecule has 5 heteroatoms. The van der Waals surface area contributed by atoms with Gasteiger partial charge in [-0.25, -0.2) is 4.98 Å². The Labute approximate surface area is 109 Å². The zero-order chi connectivity index (χ0) is 12.7. The number of rotatable bonds is 1. The lowest BCUT2D eigenvalue weighted by Gasteiger charge is -2.17. The fourth-order valence-electron chi connectivity index (χ4n) is 2.17. The third-order valence-electron chi connectivity index (χ3n) is 3.05. The lowest BCUT2D eigenvalue weighted by atomic mass is 10.2. The van der Waals surface area contributed by atoms with E-state index in [1.807, 2.05) is 30.3 Å². The van der Waals surface area contributed by atoms with Gasteiger partial charge in [-0.2, -0.15) is 0 Å². The SMILES string of the molecule is c1ccc(-c2nc3cc4c(cc3[nH]2)OCCO4)nc1. The number of nitrogens with zero attached hydrogens (tertiary/aromatic N) is 2. The van der Waals surface area contributed by atoms with E-state index in [0.29, 0.717) is 13.2 Å². The minimum absolute atomic E-state index is 0.579. The molecule has 1 aliphatic heterocycles. The maximum Gasteiger partial charge on any atom is 0.163 e. The number of hydrogen-bond acceptors (Lipinski definition) is 4. The highest BCUT2D eigenvalue weighted by molar-refractivity contribution is 5.82. The maximum atomic E-state index is 5.56. The number of aromatic amines is 1. The third kappa shape index (κ3) is 1.71. The molecular weight excluding hydrogens is 242 g/mol. The van der Waals surface area contributed by atoms with Crippen molar-refractivity contribution in [2.45, 2.75) is 0 Å². The van der Waals surface area contributed by atoms with Gasteiger partial charge < -0.3 is 14.5 Å². The van der Waals surface area contributed by atoms with Crippen LogP contribution in [0.15, 0.2) is 36.5 Å². The van der Waals surface area contributed by atoms with Crippen LogP contribution in [0.5, 0.6) is 11.5 Å². The van der Waals surface area contributed by atoms with Gasteiger partial charge in [0.15, 0.2) is 17.3 Å². The Morgan fingerprint density at radius 3 is 2.68 bits per heavy atom. The van der Waals surface area contributed by atoms with Crippen LogP contribution in [-0.4, -0.2) is 28.2 Å². The Morgan fingerprint density at radius 1 is 1.05 bits per heavy atom. The second-order valence-electron chi connectivity index (χ2n) is 4.31. The van der Waals surface area contributed by atoms with Crippen molar-refractivity contribution in [2.75, 3.05) is 13.2 Å². The molecule has 0 radical (unpaired) electrons. The average Bonchev–Trinajstić information content (AvgIpc) is 2.88. The highest BCUT2D eigenvalue weighted by Crippen LogP contribution is 2.34. The van der Waals surface area contributed by atoms with E-state index in [-0.39, 0.29) is 0 Å². The molecule has 0 unspecified atom stereocenters. The summed E-state index contributed by atoms with van der Waals surface area (Å²) in [6, 6.07) is 9.56. The van der Waals surface area contributed by atoms with Gasteiger partial charge in [0, 0.05) is 18.3 Å². The predicted octanol–water partition coefficient (Wildman–Crippen LogP) is 2.40. The number of fused-ring (bicyclic) bond motifs is 2. The first-order valence-corrected chi connectivity index (χ1v) is 6.11. The molecule has 3 aromatic rings. The summed E-state index contributed by atoms with van der Waals surface area (Å²) in [6.45, 7) is 1.16. The minimum Gasteiger partial charge on any atom is -0.486 e. The van der Waals surface area contributed by atoms with Crippen molar-refractivity contribution in [1.82, 2.24) is 15.0 Å². The zero-order valence-corrected chi connectivity index (χ0v) is 10.1. The first-order chi connectivity index (χ1) is 9.40. The second kappa shape index (κ2) is 3.98. The van der Waals surface area contributed by atoms with Crippen molar-refractivity contribution in [3.8, 4) is 23.0 Å². The van der Waals surface area contributed by atoms with E-state index in [1.54, 1.807) is 6.20 Å². The van der Waals surface area contributed by atoms with Gasteiger partial charge in [-0.3, -0.25) is 4.98 Å². The number of pyridine rings is 1. The van der Waals surface area contributed by atoms with Crippen molar-refractivity contribution in [3.63, 3.8) is 0 Å². The molecule has 1 aliphatic rings. The van der Waals surface area contributed by atoms with Crippen molar-refractivity contribution >= 4 is 11.0 Å². The predicted molar refractivity (Wildman–Crippen MR) is 70.3 cm³/mol. The van der Waals surface area contributed by atoms with Crippen LogP contribution in [0.4, 0.5) is 0 Å². The Morgan fingerprint density at radius 2 is 1.89 bits per heavy atom. The van der Waals surface area contributed by atoms with Gasteiger partial charge in [-0.15, -0.1) is 0 Å². The minimum atomic E-state index is 0.579. The molecule has 4 rings (SSSR count). The van der Waals surface area contributed by atoms with E-state index in [2.05, 4.69) is 15.0 Å². The highest BCUT2D eigenvalue weighted by Gasteiger charge is 2.15. The molecule has 3 heterocycles. The van der Waals surface area contributed by atoms with Crippen molar-refractivity contribution in [1.29, 1.82) is 0 Å². The highest BCUT2D eigenvalue weighted by atomic mass is 16.6. The van der Waals surface area contributed by atoms with E-state index in [9.17, 15) is 0 Å². The molecule has 0 saturated heterocycles. The molecule has 0 fully saturated rings. The normalized spacial score (nSPS) is 13.7. The first kappa shape index (κ1) is 10.4. The first-order valence-electron chi connectivity index (χ1n) is 6.11. The monoisotopic (exact) mass is 253 g/mol. The van der Waals surface area contributed by atoms with Crippen molar-refractivity contribution in [3.05, 3.63) is 36.5 Å². The van der Waals surface area contributed by atoms with Crippen LogP contribution in [0.1, 0.15) is 0 Å². The number of nitrogens with one attached hydrogen (secondary N) is 1. The Bertz CT molecular complexity index is 694. The Hall–Kier alpha value is -2.56. The van der Waals surface area contributed by atoms with E-state index in [4.69, 9.17) is 9.47 Å². The molecular formula is C14H11N3O2. The second-order valence-corrected chi connectivity index (χ2v) is 4.31. The van der Waals surface area contributed by atoms with Crippen molar-refractivity contribution < 1.29 is 9.47 Å². The number of H-pyrrole nitrogens is 1. The number of hydrogen-bond donors (Lipinski definition) is 1. The largest absolute Gasteiger partial charge is 0.486 e. The molecule has 1 aromatic carbocycles. The Kier molecular flexibility index (Phi) is 2.17. The van der Waals surface area contributed by atoms with Gasteiger partial charge in [0.25, 0.3) is 0 Å². The summed E-state index contributed by atoms with van der Waals surface area (Å²) < 4.78 is 11.1. The summed E-state index contributed by atoms with van der Waals surface area (Å²) in [5.41, 5.74) is 2.59. The zero-order valence-electron chi connectivity index (χ0n) is 10.1. The van der Waals surface area contributed by atoms with E-state index in [1.165, 1.54) is 0 Å². The summed E-state index contributed by atoms with van der Waals surface area (Å²) in [6.07, 6.45) is 1.75. The van der Waals surface area contributed by atoms with Gasteiger partial charge in [-0.05, 0) is 12.1 Å². The summed E-state index contributed by atoms with van der Waals surface area (Å²) in [5, 5.41) is 0. The van der Waals surface area contributed by atoms with Gasteiger partial charge in [-0.1, -0.05) is 6.07 Å². The molecule has 19 heavy (non-hydrogen) atoms. The van der Waals surface area contributed by atoms with Crippen LogP contribution in [-0.2, 0) is 0 Å². The molecule has 94 valence electrons. The molecule has 0 spiro atoms. The van der Waals surface area contributed by atoms with Crippen LogP contribution in [0.2, 0.25) is 0 Å². The fourth-order valence-corrected chi connectivity index (χ4v) is 2.17. The number of benzene rings is 1. The van der Waals surface area contributed by atoms with Crippen LogP contribution in [0, 0.1) is 0 Å². The summed E-state index contributed by atoms with van der Waals surface area (Å²) in [7, 11) is 0. The molecule has 0 aliphatic carbocycles. The topological polar surface area (TPSA) is 60.0 Å². The average molecular weight is 253 g/mol. The molecule has 5 nitrogen and oxygen atoms in total. The third-order valence-corrected chi connectivity index (χ3v) is 3.05. The van der Waals surface area contributed by atoms with Gasteiger partial charge >= 0.3 is 0 Å². The molecule has 0 atom stereocenters. The van der Waals surface area contributed by atoms with Gasteiger partial charge in [0.1, 0.15) is 18.9 Å². The molecule has 0 saturated carbocycles. The molecule has 1 N–H and O–H groups in total. The number of ether oxygens (including phenoxy) is 2. The Balaban J connectivity index is 1.87. The molecule has 2 aromatic heterocycles.